The van der Waals surface area contributed by atoms with Gasteiger partial charge in [0.05, 0.1) is 0 Å². The van der Waals surface area contributed by atoms with Crippen LogP contribution in [-0.2, 0) is 0 Å². The minimum Gasteiger partial charge on any atom is -0.333 e. The van der Waals surface area contributed by atoms with E-state index in [0.717, 1.165) is 16.7 Å². The van der Waals surface area contributed by atoms with Gasteiger partial charge in [0, 0.05) is 5.56 Å². The number of hydrogen-bond donors (Lipinski definition) is 0. The number of nitriles is 1. The summed E-state index contributed by atoms with van der Waals surface area (Å²) in [4.78, 5) is 4.31. The molecule has 0 atom stereocenters. The van der Waals surface area contributed by atoms with Gasteiger partial charge in [-0.1, -0.05) is 65.3 Å². The Bertz CT molecular complexity index is 840. The predicted molar refractivity (Wildman–Crippen MR) is 84.4 cm³/mol. The number of nitrogens with zero attached hydrogens (tertiary/aromatic N) is 3. The Balaban J connectivity index is 1.94. The van der Waals surface area contributed by atoms with E-state index in [4.69, 9.17) is 4.52 Å². The predicted octanol–water partition coefficient (Wildman–Crippen LogP) is 4.11. The molecule has 0 bridgehead atoms. The van der Waals surface area contributed by atoms with Crippen LogP contribution in [0.4, 0.5) is 0 Å². The summed E-state index contributed by atoms with van der Waals surface area (Å²) in [5, 5.41) is 13.3. The molecule has 0 amide bonds. The first-order chi connectivity index (χ1) is 10.8. The Morgan fingerprint density at radius 1 is 1.09 bits per heavy atom. The zero-order chi connectivity index (χ0) is 15.4. The van der Waals surface area contributed by atoms with Crippen LogP contribution in [0.15, 0.2) is 59.1 Å². The van der Waals surface area contributed by atoms with Crippen LogP contribution in [0.1, 0.15) is 17.0 Å². The molecule has 22 heavy (non-hydrogen) atoms. The topological polar surface area (TPSA) is 62.7 Å². The molecule has 0 aliphatic heterocycles. The van der Waals surface area contributed by atoms with Crippen molar-refractivity contribution >= 4 is 11.6 Å². The van der Waals surface area contributed by atoms with Gasteiger partial charge >= 0.3 is 0 Å². The first-order valence-corrected chi connectivity index (χ1v) is 6.84. The molecule has 3 rings (SSSR count). The van der Waals surface area contributed by atoms with Crippen molar-refractivity contribution < 1.29 is 4.52 Å². The van der Waals surface area contributed by atoms with Crippen LogP contribution in [0.5, 0.6) is 0 Å². The Hall–Kier alpha value is -3.19. The second-order valence-electron chi connectivity index (χ2n) is 4.87. The van der Waals surface area contributed by atoms with E-state index >= 15 is 0 Å². The molecule has 0 saturated heterocycles. The molecule has 1 heterocycles. The van der Waals surface area contributed by atoms with E-state index < -0.39 is 0 Å². The molecule has 4 heteroatoms. The third-order valence-corrected chi connectivity index (χ3v) is 3.20. The molecule has 0 aliphatic rings. The van der Waals surface area contributed by atoms with Gasteiger partial charge in [-0.15, -0.1) is 0 Å². The lowest BCUT2D eigenvalue weighted by atomic mass is 10.1. The van der Waals surface area contributed by atoms with Gasteiger partial charge in [0.2, 0.25) is 5.82 Å². The van der Waals surface area contributed by atoms with Crippen molar-refractivity contribution in [1.82, 2.24) is 10.1 Å². The maximum Gasteiger partial charge on any atom is 0.268 e. The number of hydrogen-bond acceptors (Lipinski definition) is 4. The SMILES string of the molecule is Cc1ccc(-c2noc(/C(C#N)=C/c3ccccc3)n2)cc1. The van der Waals surface area contributed by atoms with Gasteiger partial charge in [0.1, 0.15) is 11.6 Å². The molecule has 106 valence electrons. The molecule has 0 spiro atoms. The van der Waals surface area contributed by atoms with Crippen LogP contribution < -0.4 is 0 Å². The molecular weight excluding hydrogens is 274 g/mol. The van der Waals surface area contributed by atoms with Crippen LogP contribution in [-0.4, -0.2) is 10.1 Å². The fourth-order valence-corrected chi connectivity index (χ4v) is 2.01. The summed E-state index contributed by atoms with van der Waals surface area (Å²) in [7, 11) is 0. The molecular formula is C18H13N3O. The van der Waals surface area contributed by atoms with E-state index in [9.17, 15) is 5.26 Å². The lowest BCUT2D eigenvalue weighted by molar-refractivity contribution is 0.409. The summed E-state index contributed by atoms with van der Waals surface area (Å²) >= 11 is 0. The van der Waals surface area contributed by atoms with E-state index in [1.165, 1.54) is 0 Å². The Labute approximate surface area is 128 Å². The third-order valence-electron chi connectivity index (χ3n) is 3.20. The molecule has 3 aromatic rings. The van der Waals surface area contributed by atoms with E-state index in [-0.39, 0.29) is 5.89 Å². The van der Waals surface area contributed by atoms with Crippen LogP contribution in [0, 0.1) is 18.3 Å². The second kappa shape index (κ2) is 6.06. The number of aryl methyl sites for hydroxylation is 1. The van der Waals surface area contributed by atoms with Crippen LogP contribution in [0.2, 0.25) is 0 Å². The molecule has 4 nitrogen and oxygen atoms in total. The van der Waals surface area contributed by atoms with Gasteiger partial charge in [-0.2, -0.15) is 10.2 Å². The standard InChI is InChI=1S/C18H13N3O/c1-13-7-9-15(10-8-13)17-20-18(22-21-17)16(12-19)11-14-5-3-2-4-6-14/h2-11H,1H3/b16-11+. The number of aromatic nitrogens is 2. The maximum absolute atomic E-state index is 9.31. The lowest BCUT2D eigenvalue weighted by Crippen LogP contribution is -1.84. The van der Waals surface area contributed by atoms with Crippen LogP contribution >= 0.6 is 0 Å². The van der Waals surface area contributed by atoms with Crippen LogP contribution in [0.3, 0.4) is 0 Å². The normalized spacial score (nSPS) is 11.2. The monoisotopic (exact) mass is 287 g/mol. The number of allylic oxidation sites excluding steroid dienone is 1. The summed E-state index contributed by atoms with van der Waals surface area (Å²) in [6, 6.07) is 19.5. The highest BCUT2D eigenvalue weighted by atomic mass is 16.5. The van der Waals surface area contributed by atoms with Crippen molar-refractivity contribution in [2.75, 3.05) is 0 Å². The fourth-order valence-electron chi connectivity index (χ4n) is 2.01. The molecule has 0 unspecified atom stereocenters. The number of rotatable bonds is 3. The van der Waals surface area contributed by atoms with Gasteiger partial charge in [0.25, 0.3) is 5.89 Å². The van der Waals surface area contributed by atoms with Crippen molar-refractivity contribution in [3.63, 3.8) is 0 Å². The first kappa shape index (κ1) is 13.8. The van der Waals surface area contributed by atoms with Gasteiger partial charge in [0.15, 0.2) is 0 Å². The average molecular weight is 287 g/mol. The average Bonchev–Trinajstić information content (AvgIpc) is 3.04. The first-order valence-electron chi connectivity index (χ1n) is 6.84. The van der Waals surface area contributed by atoms with E-state index in [2.05, 4.69) is 16.2 Å². The van der Waals surface area contributed by atoms with Crippen molar-refractivity contribution in [2.24, 2.45) is 0 Å². The largest absolute Gasteiger partial charge is 0.333 e. The summed E-state index contributed by atoms with van der Waals surface area (Å²) < 4.78 is 5.22. The molecule has 0 radical (unpaired) electrons. The van der Waals surface area contributed by atoms with Crippen LogP contribution in [0.25, 0.3) is 23.0 Å². The van der Waals surface area contributed by atoms with Crippen molar-refractivity contribution in [1.29, 1.82) is 5.26 Å². The minimum atomic E-state index is 0.224. The zero-order valence-electron chi connectivity index (χ0n) is 12.0. The maximum atomic E-state index is 9.31. The van der Waals surface area contributed by atoms with Crippen molar-refractivity contribution in [3.8, 4) is 17.5 Å². The Morgan fingerprint density at radius 3 is 2.50 bits per heavy atom. The fraction of sp³-hybridized carbons (Fsp3) is 0.0556. The molecule has 0 N–H and O–H groups in total. The summed E-state index contributed by atoms with van der Waals surface area (Å²) in [5.74, 6) is 0.700. The third kappa shape index (κ3) is 2.94. The lowest BCUT2D eigenvalue weighted by Gasteiger charge is -1.94. The van der Waals surface area contributed by atoms with Gasteiger partial charge in [-0.3, -0.25) is 0 Å². The smallest absolute Gasteiger partial charge is 0.268 e. The highest BCUT2D eigenvalue weighted by molar-refractivity contribution is 5.86. The molecule has 0 saturated carbocycles. The summed E-state index contributed by atoms with van der Waals surface area (Å²) in [5.41, 5.74) is 3.28. The Kier molecular flexibility index (Phi) is 3.80. The summed E-state index contributed by atoms with van der Waals surface area (Å²) in [6.07, 6.45) is 1.73. The van der Waals surface area contributed by atoms with Crippen molar-refractivity contribution in [3.05, 3.63) is 71.6 Å². The minimum absolute atomic E-state index is 0.224. The highest BCUT2D eigenvalue weighted by Gasteiger charge is 2.12. The van der Waals surface area contributed by atoms with Gasteiger partial charge in [-0.25, -0.2) is 0 Å². The van der Waals surface area contributed by atoms with E-state index in [1.807, 2.05) is 61.5 Å². The number of benzene rings is 2. The molecule has 0 fully saturated rings. The van der Waals surface area contributed by atoms with Crippen molar-refractivity contribution in [2.45, 2.75) is 6.92 Å². The van der Waals surface area contributed by atoms with Gasteiger partial charge in [-0.05, 0) is 18.6 Å². The highest BCUT2D eigenvalue weighted by Crippen LogP contribution is 2.21. The van der Waals surface area contributed by atoms with Gasteiger partial charge < -0.3 is 4.52 Å². The Morgan fingerprint density at radius 2 is 1.82 bits per heavy atom. The summed E-state index contributed by atoms with van der Waals surface area (Å²) in [6.45, 7) is 2.02. The zero-order valence-corrected chi connectivity index (χ0v) is 12.0. The molecule has 0 aliphatic carbocycles. The molecule has 1 aromatic heterocycles. The second-order valence-corrected chi connectivity index (χ2v) is 4.87. The van der Waals surface area contributed by atoms with E-state index in [1.54, 1.807) is 6.08 Å². The van der Waals surface area contributed by atoms with E-state index in [0.29, 0.717) is 11.4 Å². The quantitative estimate of drug-likeness (QED) is 0.680. The molecule has 2 aromatic carbocycles.